The molecule has 4 rings (SSSR count). The number of hydrogen-bond acceptors (Lipinski definition) is 6. The molecule has 0 aromatic heterocycles. The minimum absolute atomic E-state index is 0.00738. The summed E-state index contributed by atoms with van der Waals surface area (Å²) in [6, 6.07) is 0. The van der Waals surface area contributed by atoms with Gasteiger partial charge in [0.15, 0.2) is 11.6 Å². The molecule has 0 saturated heterocycles. The first-order valence-electron chi connectivity index (χ1n) is 11.5. The SMILES string of the molecule is CC(C)OC(=O)[C@@H]1C[C@H]2[C@@H]3CCC4=CC(=O)C=C[C@]4(C)[C@H]3[C@@H](O)C[C@]2(C)[C@H]1C(=O)CO. The van der Waals surface area contributed by atoms with Gasteiger partial charge in [0.2, 0.25) is 0 Å². The van der Waals surface area contributed by atoms with Crippen molar-refractivity contribution >= 4 is 17.5 Å². The molecule has 0 spiro atoms. The van der Waals surface area contributed by atoms with Crippen LogP contribution in [0.5, 0.6) is 0 Å². The Morgan fingerprint density at radius 1 is 1.29 bits per heavy atom. The molecule has 6 heteroatoms. The van der Waals surface area contributed by atoms with E-state index in [0.717, 1.165) is 18.4 Å². The Balaban J connectivity index is 1.73. The number of esters is 1. The normalized spacial score (nSPS) is 43.7. The van der Waals surface area contributed by atoms with Crippen molar-refractivity contribution in [2.45, 2.75) is 65.6 Å². The maximum absolute atomic E-state index is 13.0. The minimum Gasteiger partial charge on any atom is -0.463 e. The van der Waals surface area contributed by atoms with Crippen molar-refractivity contribution in [2.75, 3.05) is 6.61 Å². The number of hydrogen-bond donors (Lipinski definition) is 2. The molecule has 6 nitrogen and oxygen atoms in total. The summed E-state index contributed by atoms with van der Waals surface area (Å²) in [5.74, 6) is -1.86. The third kappa shape index (κ3) is 3.34. The first kappa shape index (κ1) is 22.4. The summed E-state index contributed by atoms with van der Waals surface area (Å²) in [7, 11) is 0. The lowest BCUT2D eigenvalue weighted by Gasteiger charge is -2.58. The van der Waals surface area contributed by atoms with E-state index in [9.17, 15) is 24.6 Å². The summed E-state index contributed by atoms with van der Waals surface area (Å²) in [6.07, 6.45) is 6.83. The Hall–Kier alpha value is -1.79. The van der Waals surface area contributed by atoms with Crippen molar-refractivity contribution in [1.29, 1.82) is 0 Å². The molecule has 2 N–H and O–H groups in total. The third-order valence-corrected chi connectivity index (χ3v) is 8.71. The fraction of sp³-hybridized carbons (Fsp3) is 0.720. The van der Waals surface area contributed by atoms with Crippen LogP contribution in [0.2, 0.25) is 0 Å². The van der Waals surface area contributed by atoms with E-state index in [1.54, 1.807) is 26.0 Å². The first-order chi connectivity index (χ1) is 14.5. The number of carbonyl (C=O) groups excluding carboxylic acids is 3. The van der Waals surface area contributed by atoms with E-state index in [0.29, 0.717) is 12.8 Å². The van der Waals surface area contributed by atoms with Crippen LogP contribution in [0.4, 0.5) is 0 Å². The van der Waals surface area contributed by atoms with Crippen molar-refractivity contribution in [1.82, 2.24) is 0 Å². The summed E-state index contributed by atoms with van der Waals surface area (Å²) in [5.41, 5.74) is 0.0953. The number of allylic oxidation sites excluding steroid dienone is 4. The number of Topliss-reactive ketones (excluding diaryl/α,β-unsaturated/α-hetero) is 1. The van der Waals surface area contributed by atoms with Crippen LogP contribution in [0.15, 0.2) is 23.8 Å². The molecular weight excluding hydrogens is 396 g/mol. The third-order valence-electron chi connectivity index (χ3n) is 8.71. The lowest BCUT2D eigenvalue weighted by atomic mass is 9.46. The van der Waals surface area contributed by atoms with E-state index in [1.807, 2.05) is 13.0 Å². The molecule has 0 bridgehead atoms. The largest absolute Gasteiger partial charge is 0.463 e. The molecule has 0 radical (unpaired) electrons. The van der Waals surface area contributed by atoms with Crippen LogP contribution in [0.25, 0.3) is 0 Å². The van der Waals surface area contributed by atoms with Crippen LogP contribution in [0, 0.1) is 40.4 Å². The average Bonchev–Trinajstić information content (AvgIpc) is 3.00. The maximum atomic E-state index is 13.0. The number of ether oxygens (including phenoxy) is 1. The lowest BCUT2D eigenvalue weighted by Crippen LogP contribution is -2.56. The Morgan fingerprint density at radius 3 is 2.65 bits per heavy atom. The van der Waals surface area contributed by atoms with E-state index in [4.69, 9.17) is 4.74 Å². The molecule has 0 aromatic rings. The van der Waals surface area contributed by atoms with Gasteiger partial charge in [-0.15, -0.1) is 0 Å². The highest BCUT2D eigenvalue weighted by Crippen LogP contribution is 2.67. The van der Waals surface area contributed by atoms with Gasteiger partial charge in [0.25, 0.3) is 0 Å². The highest BCUT2D eigenvalue weighted by atomic mass is 16.5. The highest BCUT2D eigenvalue weighted by molar-refractivity contribution is 6.01. The topological polar surface area (TPSA) is 101 Å². The molecule has 0 unspecified atom stereocenters. The van der Waals surface area contributed by atoms with Gasteiger partial charge in [-0.2, -0.15) is 0 Å². The molecule has 3 saturated carbocycles. The van der Waals surface area contributed by atoms with Gasteiger partial charge in [-0.3, -0.25) is 14.4 Å². The van der Waals surface area contributed by atoms with Gasteiger partial charge in [-0.05, 0) is 68.9 Å². The second-order valence-electron chi connectivity index (χ2n) is 10.7. The molecule has 4 aliphatic rings. The van der Waals surface area contributed by atoms with Crippen molar-refractivity contribution in [3.05, 3.63) is 23.8 Å². The quantitative estimate of drug-likeness (QED) is 0.665. The summed E-state index contributed by atoms with van der Waals surface area (Å²) >= 11 is 0. The second-order valence-corrected chi connectivity index (χ2v) is 10.7. The van der Waals surface area contributed by atoms with E-state index in [2.05, 4.69) is 6.92 Å². The Morgan fingerprint density at radius 2 is 2.00 bits per heavy atom. The van der Waals surface area contributed by atoms with E-state index < -0.39 is 35.4 Å². The molecule has 0 aromatic carbocycles. The van der Waals surface area contributed by atoms with Crippen LogP contribution in [0.3, 0.4) is 0 Å². The second kappa shape index (κ2) is 7.66. The van der Waals surface area contributed by atoms with E-state index in [1.165, 1.54) is 0 Å². The van der Waals surface area contributed by atoms with Gasteiger partial charge in [0.05, 0.1) is 18.1 Å². The summed E-state index contributed by atoms with van der Waals surface area (Å²) in [4.78, 5) is 37.8. The molecule has 8 atom stereocenters. The first-order valence-corrected chi connectivity index (χ1v) is 11.5. The fourth-order valence-electron chi connectivity index (χ4n) is 7.62. The number of fused-ring (bicyclic) bond motifs is 5. The summed E-state index contributed by atoms with van der Waals surface area (Å²) in [5, 5.41) is 21.1. The molecular formula is C25H34O6. The van der Waals surface area contributed by atoms with Gasteiger partial charge in [-0.1, -0.05) is 25.5 Å². The van der Waals surface area contributed by atoms with Crippen molar-refractivity contribution < 1.29 is 29.3 Å². The lowest BCUT2D eigenvalue weighted by molar-refractivity contribution is -0.159. The van der Waals surface area contributed by atoms with Crippen molar-refractivity contribution in [3.63, 3.8) is 0 Å². The van der Waals surface area contributed by atoms with Crippen LogP contribution in [-0.4, -0.2) is 46.6 Å². The van der Waals surface area contributed by atoms with Gasteiger partial charge < -0.3 is 14.9 Å². The molecule has 31 heavy (non-hydrogen) atoms. The van der Waals surface area contributed by atoms with Crippen LogP contribution in [-0.2, 0) is 19.1 Å². The molecule has 3 fully saturated rings. The summed E-state index contributed by atoms with van der Waals surface area (Å²) < 4.78 is 5.50. The fourth-order valence-corrected chi connectivity index (χ4v) is 7.62. The standard InChI is InChI=1S/C25H34O6/c1-13(2)31-23(30)17-10-18-16-6-5-14-9-15(27)7-8-24(14,3)21(16)19(28)11-25(18,4)22(17)20(29)12-26/h7-9,13,16-19,21-22,26,28H,5-6,10-12H2,1-4H3/t16-,17+,18-,19-,21+,22+,24-,25-/m0/s1. The van der Waals surface area contributed by atoms with Gasteiger partial charge in [0.1, 0.15) is 6.61 Å². The zero-order valence-corrected chi connectivity index (χ0v) is 18.8. The van der Waals surface area contributed by atoms with Crippen molar-refractivity contribution in [3.8, 4) is 0 Å². The number of aliphatic hydroxyl groups excluding tert-OH is 2. The zero-order chi connectivity index (χ0) is 22.7. The Labute approximate surface area is 183 Å². The Kier molecular flexibility index (Phi) is 5.54. The predicted molar refractivity (Wildman–Crippen MR) is 114 cm³/mol. The summed E-state index contributed by atoms with van der Waals surface area (Å²) in [6.45, 7) is 7.07. The molecule has 170 valence electrons. The Bertz CT molecular complexity index is 856. The van der Waals surface area contributed by atoms with E-state index in [-0.39, 0.29) is 41.4 Å². The van der Waals surface area contributed by atoms with Gasteiger partial charge in [-0.25, -0.2) is 0 Å². The highest BCUT2D eigenvalue weighted by Gasteiger charge is 2.66. The zero-order valence-electron chi connectivity index (χ0n) is 18.8. The van der Waals surface area contributed by atoms with Gasteiger partial charge >= 0.3 is 5.97 Å². The predicted octanol–water partition coefficient (Wildman–Crippen LogP) is 2.62. The number of carbonyl (C=O) groups is 3. The average molecular weight is 431 g/mol. The van der Waals surface area contributed by atoms with Crippen molar-refractivity contribution in [2.24, 2.45) is 40.4 Å². The maximum Gasteiger partial charge on any atom is 0.309 e. The van der Waals surface area contributed by atoms with E-state index >= 15 is 0 Å². The van der Waals surface area contributed by atoms with Crippen LogP contribution < -0.4 is 0 Å². The number of aliphatic hydroxyl groups is 2. The monoisotopic (exact) mass is 430 g/mol. The van der Waals surface area contributed by atoms with Crippen LogP contribution in [0.1, 0.15) is 53.4 Å². The molecule has 0 heterocycles. The molecule has 0 amide bonds. The van der Waals surface area contributed by atoms with Crippen LogP contribution >= 0.6 is 0 Å². The molecule has 4 aliphatic carbocycles. The van der Waals surface area contributed by atoms with Gasteiger partial charge in [0, 0.05) is 17.3 Å². The number of rotatable bonds is 4. The molecule has 0 aliphatic heterocycles. The minimum atomic E-state index is -0.660. The number of ketones is 2. The smallest absolute Gasteiger partial charge is 0.309 e.